The number of alkyl halides is 2. The Hall–Kier alpha value is -2.16. The van der Waals surface area contributed by atoms with Crippen LogP contribution < -0.4 is 0 Å². The van der Waals surface area contributed by atoms with E-state index >= 15 is 0 Å². The van der Waals surface area contributed by atoms with E-state index in [0.717, 1.165) is 29.0 Å². The highest BCUT2D eigenvalue weighted by Gasteiger charge is 2.30. The Morgan fingerprint density at radius 1 is 1.33 bits per heavy atom. The predicted molar refractivity (Wildman–Crippen MR) is 82.8 cm³/mol. The largest absolute Gasteiger partial charge is 0.467 e. The Morgan fingerprint density at radius 3 is 2.92 bits per heavy atom. The lowest BCUT2D eigenvalue weighted by Crippen LogP contribution is -2.06. The Morgan fingerprint density at radius 2 is 2.21 bits per heavy atom. The van der Waals surface area contributed by atoms with E-state index in [1.165, 1.54) is 24.2 Å². The van der Waals surface area contributed by atoms with E-state index in [0.29, 0.717) is 29.2 Å². The molecular weight excluding hydrogens is 336 g/mol. The zero-order valence-corrected chi connectivity index (χ0v) is 13.5. The number of hydrogen-bond donors (Lipinski definition) is 0. The van der Waals surface area contributed by atoms with Gasteiger partial charge in [-0.3, -0.25) is 9.13 Å². The fraction of sp³-hybridized carbons (Fsp3) is 0.400. The van der Waals surface area contributed by atoms with Crippen molar-refractivity contribution >= 4 is 11.8 Å². The molecule has 126 valence electrons. The van der Waals surface area contributed by atoms with Crippen LogP contribution in [0.5, 0.6) is 0 Å². The number of thioether (sulfide) groups is 1. The maximum atomic E-state index is 12.9. The minimum atomic E-state index is -2.59. The van der Waals surface area contributed by atoms with Crippen LogP contribution >= 0.6 is 11.8 Å². The Labute approximate surface area is 140 Å². The summed E-state index contributed by atoms with van der Waals surface area (Å²) in [4.78, 5) is 4.00. The van der Waals surface area contributed by atoms with E-state index in [1.807, 2.05) is 16.7 Å². The van der Waals surface area contributed by atoms with Crippen LogP contribution in [-0.2, 0) is 12.3 Å². The number of halogens is 2. The fourth-order valence-corrected chi connectivity index (χ4v) is 3.41. The molecule has 24 heavy (non-hydrogen) atoms. The Balaban J connectivity index is 1.55. The number of hydrogen-bond acceptors (Lipinski definition) is 5. The molecular formula is C15H15F2N5OS. The second-order valence-electron chi connectivity index (χ2n) is 5.60. The first-order valence-corrected chi connectivity index (χ1v) is 8.59. The second kappa shape index (κ2) is 6.39. The molecule has 6 nitrogen and oxygen atoms in total. The van der Waals surface area contributed by atoms with Crippen molar-refractivity contribution in [3.63, 3.8) is 0 Å². The molecule has 1 aliphatic rings. The first-order chi connectivity index (χ1) is 11.7. The molecule has 0 amide bonds. The highest BCUT2D eigenvalue weighted by molar-refractivity contribution is 7.98. The Bertz CT molecular complexity index is 810. The van der Waals surface area contributed by atoms with Crippen molar-refractivity contribution in [3.05, 3.63) is 48.2 Å². The fourth-order valence-electron chi connectivity index (χ4n) is 2.52. The standard InChI is InChI=1S/C15H15F2N5OS/c16-14(17)21-6-5-18-12(21)9-24-15-20-19-13(10-3-4-10)22(15)8-11-2-1-7-23-11/h1-2,5-7,10,14H,3-4,8-9H2. The van der Waals surface area contributed by atoms with Gasteiger partial charge in [0, 0.05) is 18.3 Å². The minimum Gasteiger partial charge on any atom is -0.467 e. The van der Waals surface area contributed by atoms with Gasteiger partial charge in [0.15, 0.2) is 5.16 Å². The molecule has 3 heterocycles. The van der Waals surface area contributed by atoms with Gasteiger partial charge in [-0.2, -0.15) is 8.78 Å². The van der Waals surface area contributed by atoms with Gasteiger partial charge >= 0.3 is 6.55 Å². The molecule has 9 heteroatoms. The van der Waals surface area contributed by atoms with Crippen LogP contribution in [0.25, 0.3) is 0 Å². The van der Waals surface area contributed by atoms with Crippen LogP contribution in [0.15, 0.2) is 40.4 Å². The van der Waals surface area contributed by atoms with Gasteiger partial charge in [-0.1, -0.05) is 11.8 Å². The van der Waals surface area contributed by atoms with Crippen molar-refractivity contribution < 1.29 is 13.2 Å². The number of aromatic nitrogens is 5. The van der Waals surface area contributed by atoms with E-state index < -0.39 is 6.55 Å². The molecule has 1 fully saturated rings. The summed E-state index contributed by atoms with van der Waals surface area (Å²) in [6, 6.07) is 3.73. The monoisotopic (exact) mass is 351 g/mol. The van der Waals surface area contributed by atoms with Gasteiger partial charge in [-0.25, -0.2) is 4.98 Å². The molecule has 0 N–H and O–H groups in total. The van der Waals surface area contributed by atoms with Crippen molar-refractivity contribution in [3.8, 4) is 0 Å². The van der Waals surface area contributed by atoms with Gasteiger partial charge in [0.1, 0.15) is 17.4 Å². The molecule has 3 aromatic rings. The average molecular weight is 351 g/mol. The van der Waals surface area contributed by atoms with Crippen molar-refractivity contribution in [2.75, 3.05) is 0 Å². The van der Waals surface area contributed by atoms with E-state index in [1.54, 1.807) is 6.26 Å². The third kappa shape index (κ3) is 3.08. The van der Waals surface area contributed by atoms with Gasteiger partial charge < -0.3 is 4.42 Å². The quantitative estimate of drug-likeness (QED) is 0.608. The maximum absolute atomic E-state index is 12.9. The zero-order chi connectivity index (χ0) is 16.5. The molecule has 0 unspecified atom stereocenters. The maximum Gasteiger partial charge on any atom is 0.319 e. The van der Waals surface area contributed by atoms with Crippen LogP contribution in [0.2, 0.25) is 0 Å². The van der Waals surface area contributed by atoms with Gasteiger partial charge in [0.25, 0.3) is 0 Å². The number of rotatable bonds is 7. The molecule has 4 rings (SSSR count). The summed E-state index contributed by atoms with van der Waals surface area (Å²) >= 11 is 1.36. The molecule has 0 aliphatic heterocycles. The van der Waals surface area contributed by atoms with Gasteiger partial charge in [0.2, 0.25) is 0 Å². The molecule has 1 aliphatic carbocycles. The summed E-state index contributed by atoms with van der Waals surface area (Å²) in [5.74, 6) is 2.80. The van der Waals surface area contributed by atoms with E-state index in [-0.39, 0.29) is 0 Å². The summed E-state index contributed by atoms with van der Waals surface area (Å²) in [7, 11) is 0. The first-order valence-electron chi connectivity index (χ1n) is 7.60. The van der Waals surface area contributed by atoms with E-state index in [4.69, 9.17) is 4.42 Å². The van der Waals surface area contributed by atoms with Crippen LogP contribution in [-0.4, -0.2) is 24.3 Å². The van der Waals surface area contributed by atoms with Crippen LogP contribution in [0.1, 0.15) is 42.7 Å². The predicted octanol–water partition coefficient (Wildman–Crippen LogP) is 3.68. The topological polar surface area (TPSA) is 61.7 Å². The molecule has 0 radical (unpaired) electrons. The first kappa shape index (κ1) is 15.4. The summed E-state index contributed by atoms with van der Waals surface area (Å²) in [5.41, 5.74) is 0. The summed E-state index contributed by atoms with van der Waals surface area (Å²) < 4.78 is 34.1. The highest BCUT2D eigenvalue weighted by Crippen LogP contribution is 2.40. The van der Waals surface area contributed by atoms with Crippen molar-refractivity contribution in [1.29, 1.82) is 0 Å². The lowest BCUT2D eigenvalue weighted by Gasteiger charge is -2.09. The number of imidazole rings is 1. The van der Waals surface area contributed by atoms with Crippen molar-refractivity contribution in [2.24, 2.45) is 0 Å². The molecule has 1 saturated carbocycles. The van der Waals surface area contributed by atoms with Crippen molar-refractivity contribution in [2.45, 2.75) is 42.8 Å². The minimum absolute atomic E-state index is 0.304. The van der Waals surface area contributed by atoms with Crippen molar-refractivity contribution in [1.82, 2.24) is 24.3 Å². The molecule has 0 saturated heterocycles. The van der Waals surface area contributed by atoms with Crippen LogP contribution in [0, 0.1) is 0 Å². The van der Waals surface area contributed by atoms with Crippen LogP contribution in [0.3, 0.4) is 0 Å². The third-order valence-corrected chi connectivity index (χ3v) is 4.83. The smallest absolute Gasteiger partial charge is 0.319 e. The summed E-state index contributed by atoms with van der Waals surface area (Å²) in [6.45, 7) is -2.05. The Kier molecular flexibility index (Phi) is 4.09. The lowest BCUT2D eigenvalue weighted by molar-refractivity contribution is 0.0678. The molecule has 0 bridgehead atoms. The highest BCUT2D eigenvalue weighted by atomic mass is 32.2. The zero-order valence-electron chi connectivity index (χ0n) is 12.7. The van der Waals surface area contributed by atoms with Crippen LogP contribution in [0.4, 0.5) is 8.78 Å². The molecule has 0 aromatic carbocycles. The SMILES string of the molecule is FC(F)n1ccnc1CSc1nnc(C2CC2)n1Cc1ccco1. The second-order valence-corrected chi connectivity index (χ2v) is 6.54. The lowest BCUT2D eigenvalue weighted by atomic mass is 10.3. The molecule has 3 aromatic heterocycles. The third-order valence-electron chi connectivity index (χ3n) is 3.87. The average Bonchev–Trinajstić information content (AvgIpc) is 3.00. The van der Waals surface area contributed by atoms with E-state index in [2.05, 4.69) is 15.2 Å². The number of nitrogens with zero attached hydrogens (tertiary/aromatic N) is 5. The molecule has 0 atom stereocenters. The van der Waals surface area contributed by atoms with Gasteiger partial charge in [0.05, 0.1) is 18.6 Å². The number of furan rings is 1. The van der Waals surface area contributed by atoms with Gasteiger partial charge in [-0.15, -0.1) is 10.2 Å². The normalized spacial score (nSPS) is 14.6. The summed E-state index contributed by atoms with van der Waals surface area (Å²) in [6.07, 6.45) is 6.51. The molecule has 0 spiro atoms. The summed E-state index contributed by atoms with van der Waals surface area (Å²) in [5, 5.41) is 9.22. The van der Waals surface area contributed by atoms with Gasteiger partial charge in [-0.05, 0) is 25.0 Å². The van der Waals surface area contributed by atoms with E-state index in [9.17, 15) is 8.78 Å².